The summed E-state index contributed by atoms with van der Waals surface area (Å²) in [5.41, 5.74) is 3.77. The molecule has 62 heavy (non-hydrogen) atoms. The highest BCUT2D eigenvalue weighted by atomic mass is 32.2. The number of amides is 1. The number of carbonyl (C=O) groups excluding carboxylic acids is 1. The number of ether oxygens (including phenoxy) is 4. The third kappa shape index (κ3) is 10.5. The van der Waals surface area contributed by atoms with Crippen molar-refractivity contribution in [2.45, 2.75) is 108 Å². The van der Waals surface area contributed by atoms with Crippen molar-refractivity contribution in [3.8, 4) is 21.9 Å². The zero-order valence-corrected chi connectivity index (χ0v) is 37.5. The van der Waals surface area contributed by atoms with Crippen LogP contribution in [0.5, 0.6) is 11.5 Å². The van der Waals surface area contributed by atoms with E-state index in [2.05, 4.69) is 19.2 Å². The lowest BCUT2D eigenvalue weighted by atomic mass is 9.76. The molecule has 0 radical (unpaired) electrons. The van der Waals surface area contributed by atoms with Crippen molar-refractivity contribution < 1.29 is 52.3 Å². The molecule has 0 spiro atoms. The van der Waals surface area contributed by atoms with Crippen molar-refractivity contribution in [3.63, 3.8) is 0 Å². The number of hydrogen-bond donors (Lipinski definition) is 4. The quantitative estimate of drug-likeness (QED) is 0.0850. The number of aliphatic hydroxyl groups is 2. The van der Waals surface area contributed by atoms with Crippen LogP contribution >= 0.6 is 11.3 Å². The van der Waals surface area contributed by atoms with Crippen LogP contribution in [0.4, 0.5) is 4.79 Å². The molecule has 7 rings (SSSR count). The number of nitrogens with one attached hydrogen (secondary N) is 1. The average Bonchev–Trinajstić information content (AvgIpc) is 3.92. The predicted octanol–water partition coefficient (Wildman–Crippen LogP) is 7.10. The first kappa shape index (κ1) is 45.5. The summed E-state index contributed by atoms with van der Waals surface area (Å²) in [7, 11) is -2.56. The van der Waals surface area contributed by atoms with E-state index in [0.717, 1.165) is 51.3 Å². The molecule has 2 aliphatic carbocycles. The molecule has 334 valence electrons. The molecule has 3 aromatic carbocycles. The molecule has 1 saturated carbocycles. The first-order valence-electron chi connectivity index (χ1n) is 21.3. The van der Waals surface area contributed by atoms with E-state index in [4.69, 9.17) is 18.9 Å². The molecule has 15 heteroatoms. The summed E-state index contributed by atoms with van der Waals surface area (Å²) >= 11 is 1.56. The van der Waals surface area contributed by atoms with Crippen LogP contribution in [0.15, 0.2) is 77.7 Å². The van der Waals surface area contributed by atoms with Crippen LogP contribution < -0.4 is 14.8 Å². The van der Waals surface area contributed by atoms with E-state index < -0.39 is 46.4 Å². The number of aliphatic hydroxyl groups excluding tert-OH is 2. The highest BCUT2D eigenvalue weighted by molar-refractivity contribution is 7.89. The van der Waals surface area contributed by atoms with Gasteiger partial charge in [-0.25, -0.2) is 18.0 Å². The summed E-state index contributed by atoms with van der Waals surface area (Å²) < 4.78 is 52.1. The number of fused-ring (bicyclic) bond motifs is 2. The first-order chi connectivity index (χ1) is 29.5. The summed E-state index contributed by atoms with van der Waals surface area (Å²) in [5, 5.41) is 35.3. The van der Waals surface area contributed by atoms with Gasteiger partial charge in [0.25, 0.3) is 0 Å². The molecule has 1 aliphatic heterocycles. The fourth-order valence-electron chi connectivity index (χ4n) is 8.90. The van der Waals surface area contributed by atoms with E-state index >= 15 is 0 Å². The van der Waals surface area contributed by atoms with Gasteiger partial charge in [-0.2, -0.15) is 4.31 Å². The zero-order valence-electron chi connectivity index (χ0n) is 35.9. The number of sulfonamides is 1. The average molecular weight is 891 g/mol. The lowest BCUT2D eigenvalue weighted by molar-refractivity contribution is 0.0426. The van der Waals surface area contributed by atoms with Gasteiger partial charge in [0.05, 0.1) is 48.5 Å². The Hall–Kier alpha value is -4.51. The van der Waals surface area contributed by atoms with Crippen LogP contribution in [0.3, 0.4) is 0 Å². The van der Waals surface area contributed by atoms with Crippen molar-refractivity contribution >= 4 is 33.4 Å². The van der Waals surface area contributed by atoms with Gasteiger partial charge in [0.2, 0.25) is 10.0 Å². The molecular formula is C47H58N2O11S2. The van der Waals surface area contributed by atoms with Gasteiger partial charge in [-0.05, 0) is 102 Å². The molecule has 2 heterocycles. The number of aryl methyl sites for hydroxylation is 1. The fourth-order valence-corrected chi connectivity index (χ4v) is 11.9. The van der Waals surface area contributed by atoms with Gasteiger partial charge in [0.1, 0.15) is 24.2 Å². The molecule has 1 saturated heterocycles. The Morgan fingerprint density at radius 2 is 1.71 bits per heavy atom. The molecule has 13 nitrogen and oxygen atoms in total. The Morgan fingerprint density at radius 3 is 2.39 bits per heavy atom. The standard InChI is InChI=1S/C47H58N2O11S2/c1-28(2)24-49(62(55,56)34-16-14-31(57-5)15-17-34)25-39(50)38(48-46(54)60-33-21-36-40(51)27-59-41(36)22-33)20-29-10-12-32(13-11-29)58-26-30-8-6-7-9-35(30)44-43(45(52)53)37-23-47(3,4)19-18-42(37)61-44/h6-17,28,33,36,38-41,50-51H,18-27H2,1-5H3,(H,48,54)(H,52,53)/t33-,36-,38+,39-,40+,41-/m1/s1. The maximum Gasteiger partial charge on any atom is 0.407 e. The Labute approximate surface area is 368 Å². The van der Waals surface area contributed by atoms with Gasteiger partial charge in [0, 0.05) is 35.2 Å². The van der Waals surface area contributed by atoms with Gasteiger partial charge >= 0.3 is 12.1 Å². The Balaban J connectivity index is 1.07. The SMILES string of the molecule is COc1ccc(S(=O)(=O)N(CC(C)C)C[C@@H](O)[C@H](Cc2ccc(OCc3ccccc3-c3sc4c(c3C(=O)O)CC(C)(C)CC4)cc2)NC(=O)O[C@@H]2C[C@@H]3[C@@H](O)CO[C@@H]3C2)cc1. The van der Waals surface area contributed by atoms with E-state index in [1.54, 1.807) is 35.6 Å². The van der Waals surface area contributed by atoms with E-state index in [0.29, 0.717) is 29.9 Å². The second kappa shape index (κ2) is 19.1. The molecule has 4 N–H and O–H groups in total. The van der Waals surface area contributed by atoms with Gasteiger partial charge in [-0.3, -0.25) is 0 Å². The Morgan fingerprint density at radius 1 is 1.00 bits per heavy atom. The lowest BCUT2D eigenvalue weighted by Crippen LogP contribution is -2.51. The predicted molar refractivity (Wildman–Crippen MR) is 235 cm³/mol. The Bertz CT molecular complexity index is 2310. The molecular weight excluding hydrogens is 833 g/mol. The number of thiophene rings is 1. The van der Waals surface area contributed by atoms with Crippen LogP contribution in [-0.2, 0) is 45.4 Å². The third-order valence-electron chi connectivity index (χ3n) is 12.2. The minimum Gasteiger partial charge on any atom is -0.497 e. The maximum absolute atomic E-state index is 14.0. The van der Waals surface area contributed by atoms with E-state index in [9.17, 15) is 33.3 Å². The van der Waals surface area contributed by atoms with Crippen molar-refractivity contribution in [1.29, 1.82) is 0 Å². The molecule has 0 unspecified atom stereocenters. The van der Waals surface area contributed by atoms with Crippen LogP contribution in [-0.4, -0.2) is 97.4 Å². The highest BCUT2D eigenvalue weighted by Crippen LogP contribution is 2.46. The highest BCUT2D eigenvalue weighted by Gasteiger charge is 2.45. The van der Waals surface area contributed by atoms with Crippen LogP contribution in [0, 0.1) is 17.3 Å². The van der Waals surface area contributed by atoms with Gasteiger partial charge in [0.15, 0.2) is 0 Å². The maximum atomic E-state index is 14.0. The van der Waals surface area contributed by atoms with Crippen molar-refractivity contribution in [3.05, 3.63) is 99.9 Å². The molecule has 2 fully saturated rings. The number of carboxylic acid groups (broad SMARTS) is 1. The van der Waals surface area contributed by atoms with E-state index in [-0.39, 0.29) is 61.0 Å². The minimum atomic E-state index is -4.06. The number of methoxy groups -OCH3 is 1. The summed E-state index contributed by atoms with van der Waals surface area (Å²) in [4.78, 5) is 28.0. The molecule has 4 aromatic rings. The first-order valence-corrected chi connectivity index (χ1v) is 23.5. The number of aromatic carboxylic acids is 1. The van der Waals surface area contributed by atoms with Crippen LogP contribution in [0.25, 0.3) is 10.4 Å². The topological polar surface area (TPSA) is 181 Å². The van der Waals surface area contributed by atoms with Crippen molar-refractivity contribution in [2.24, 2.45) is 17.3 Å². The molecule has 6 atom stereocenters. The van der Waals surface area contributed by atoms with Crippen LogP contribution in [0.2, 0.25) is 0 Å². The van der Waals surface area contributed by atoms with Crippen molar-refractivity contribution in [1.82, 2.24) is 9.62 Å². The summed E-state index contributed by atoms with van der Waals surface area (Å²) in [6.45, 7) is 8.41. The molecule has 0 bridgehead atoms. The number of carboxylic acids is 1. The second-order valence-electron chi connectivity index (χ2n) is 18.0. The van der Waals surface area contributed by atoms with Crippen molar-refractivity contribution in [2.75, 3.05) is 26.8 Å². The largest absolute Gasteiger partial charge is 0.497 e. The summed E-state index contributed by atoms with van der Waals surface area (Å²) in [6.07, 6.45) is 0.216. The molecule has 1 amide bonds. The molecule has 3 aliphatic rings. The fraction of sp³-hybridized carbons (Fsp3) is 0.489. The number of carbonyl (C=O) groups is 2. The number of alkyl carbamates (subject to hydrolysis) is 1. The third-order valence-corrected chi connectivity index (χ3v) is 15.4. The van der Waals surface area contributed by atoms with Gasteiger partial charge in [-0.15, -0.1) is 11.3 Å². The second-order valence-corrected chi connectivity index (χ2v) is 21.0. The Kier molecular flexibility index (Phi) is 14.0. The van der Waals surface area contributed by atoms with E-state index in [1.165, 1.54) is 23.5 Å². The number of nitrogens with zero attached hydrogens (tertiary/aromatic N) is 1. The number of benzene rings is 3. The normalized spacial score (nSPS) is 21.6. The molecule has 1 aromatic heterocycles. The smallest absolute Gasteiger partial charge is 0.407 e. The minimum absolute atomic E-state index is 0.0320. The number of rotatable bonds is 17. The van der Waals surface area contributed by atoms with Gasteiger partial charge in [-0.1, -0.05) is 64.1 Å². The van der Waals surface area contributed by atoms with E-state index in [1.807, 2.05) is 50.2 Å². The number of hydrogen-bond acceptors (Lipinski definition) is 11. The zero-order chi connectivity index (χ0) is 44.3. The summed E-state index contributed by atoms with van der Waals surface area (Å²) in [6, 6.07) is 20.0. The summed E-state index contributed by atoms with van der Waals surface area (Å²) in [5.74, 6) is -0.0526. The monoisotopic (exact) mass is 890 g/mol. The van der Waals surface area contributed by atoms with Gasteiger partial charge < -0.3 is 39.6 Å². The van der Waals surface area contributed by atoms with Crippen LogP contribution in [0.1, 0.15) is 78.9 Å². The lowest BCUT2D eigenvalue weighted by Gasteiger charge is -2.31.